The SMILES string of the molecule is C=CP(=O)(OC1(C)CCCCC1F)OC1(C)CCCCC1F. The van der Waals surface area contributed by atoms with E-state index in [0.717, 1.165) is 31.5 Å². The highest BCUT2D eigenvalue weighted by Gasteiger charge is 2.48. The second kappa shape index (κ2) is 6.70. The minimum atomic E-state index is -3.76. The Morgan fingerprint density at radius 3 is 1.73 bits per heavy atom. The van der Waals surface area contributed by atoms with Crippen LogP contribution in [0.4, 0.5) is 8.78 Å². The minimum Gasteiger partial charge on any atom is -0.296 e. The van der Waals surface area contributed by atoms with Crippen molar-refractivity contribution < 1.29 is 22.4 Å². The maximum atomic E-state index is 14.2. The Hall–Kier alpha value is -0.250. The lowest BCUT2D eigenvalue weighted by molar-refractivity contribution is -0.0711. The minimum absolute atomic E-state index is 0.386. The van der Waals surface area contributed by atoms with E-state index in [-0.39, 0.29) is 0 Å². The summed E-state index contributed by atoms with van der Waals surface area (Å²) in [6, 6.07) is 0. The first-order valence-electron chi connectivity index (χ1n) is 8.16. The standard InChI is InChI=1S/C16H27F2O3P/c1-4-22(19,20-15(2)11-7-5-9-13(15)17)21-16(3)12-8-6-10-14(16)18/h4,13-14H,1,5-12H2,2-3H3. The summed E-state index contributed by atoms with van der Waals surface area (Å²) < 4.78 is 52.6. The Balaban J connectivity index is 2.14. The molecule has 128 valence electrons. The van der Waals surface area contributed by atoms with Crippen molar-refractivity contribution in [2.24, 2.45) is 0 Å². The molecule has 0 aromatic carbocycles. The summed E-state index contributed by atoms with van der Waals surface area (Å²) >= 11 is 0. The summed E-state index contributed by atoms with van der Waals surface area (Å²) in [4.78, 5) is 0. The Kier molecular flexibility index (Phi) is 5.51. The van der Waals surface area contributed by atoms with Crippen molar-refractivity contribution in [3.05, 3.63) is 12.4 Å². The van der Waals surface area contributed by atoms with Gasteiger partial charge in [0.2, 0.25) is 0 Å². The van der Waals surface area contributed by atoms with Gasteiger partial charge in [0.15, 0.2) is 0 Å². The van der Waals surface area contributed by atoms with E-state index in [2.05, 4.69) is 6.58 Å². The molecule has 3 nitrogen and oxygen atoms in total. The van der Waals surface area contributed by atoms with Crippen LogP contribution in [0.5, 0.6) is 0 Å². The van der Waals surface area contributed by atoms with Gasteiger partial charge in [-0.05, 0) is 39.5 Å². The van der Waals surface area contributed by atoms with E-state index in [4.69, 9.17) is 9.05 Å². The molecule has 0 saturated heterocycles. The van der Waals surface area contributed by atoms with Crippen molar-refractivity contribution in [1.82, 2.24) is 0 Å². The van der Waals surface area contributed by atoms with Gasteiger partial charge in [-0.3, -0.25) is 13.6 Å². The number of rotatable bonds is 5. The largest absolute Gasteiger partial charge is 0.354 e. The van der Waals surface area contributed by atoms with Gasteiger partial charge in [-0.25, -0.2) is 8.78 Å². The van der Waals surface area contributed by atoms with Gasteiger partial charge in [0, 0.05) is 5.82 Å². The molecule has 2 saturated carbocycles. The highest BCUT2D eigenvalue weighted by atomic mass is 31.2. The monoisotopic (exact) mass is 336 g/mol. The first-order valence-corrected chi connectivity index (χ1v) is 9.77. The Morgan fingerprint density at radius 2 is 1.41 bits per heavy atom. The van der Waals surface area contributed by atoms with Gasteiger partial charge in [-0.15, -0.1) is 0 Å². The first-order chi connectivity index (χ1) is 10.2. The van der Waals surface area contributed by atoms with E-state index in [1.807, 2.05) is 0 Å². The predicted octanol–water partition coefficient (Wildman–Crippen LogP) is 5.70. The third-order valence-corrected chi connectivity index (χ3v) is 6.77. The van der Waals surface area contributed by atoms with Crippen LogP contribution in [0, 0.1) is 0 Å². The van der Waals surface area contributed by atoms with E-state index in [0.29, 0.717) is 25.7 Å². The molecule has 4 unspecified atom stereocenters. The smallest absolute Gasteiger partial charge is 0.296 e. The van der Waals surface area contributed by atoms with E-state index < -0.39 is 31.1 Å². The molecule has 0 bridgehead atoms. The average molecular weight is 336 g/mol. The van der Waals surface area contributed by atoms with E-state index in [1.165, 1.54) is 0 Å². The summed E-state index contributed by atoms with van der Waals surface area (Å²) in [6.07, 6.45) is 2.56. The molecule has 2 aliphatic carbocycles. The summed E-state index contributed by atoms with van der Waals surface area (Å²) in [5.41, 5.74) is -2.31. The zero-order valence-corrected chi connectivity index (χ0v) is 14.4. The number of hydrogen-bond donors (Lipinski definition) is 0. The molecule has 0 heterocycles. The fraction of sp³-hybridized carbons (Fsp3) is 0.875. The normalized spacial score (nSPS) is 42.5. The molecule has 2 fully saturated rings. The van der Waals surface area contributed by atoms with Crippen LogP contribution in [0.3, 0.4) is 0 Å². The number of alkyl halides is 2. The van der Waals surface area contributed by atoms with Crippen molar-refractivity contribution >= 4 is 7.60 Å². The van der Waals surface area contributed by atoms with Gasteiger partial charge in [0.05, 0.1) is 0 Å². The molecule has 0 aromatic rings. The Morgan fingerprint density at radius 1 is 1.00 bits per heavy atom. The lowest BCUT2D eigenvalue weighted by Gasteiger charge is -2.42. The van der Waals surface area contributed by atoms with Crippen LogP contribution in [0.1, 0.15) is 65.2 Å². The molecule has 6 heteroatoms. The average Bonchev–Trinajstić information content (AvgIpc) is 2.45. The second-order valence-electron chi connectivity index (χ2n) is 6.96. The van der Waals surface area contributed by atoms with Crippen molar-refractivity contribution in [1.29, 1.82) is 0 Å². The van der Waals surface area contributed by atoms with Gasteiger partial charge in [-0.1, -0.05) is 32.3 Å². The second-order valence-corrected chi connectivity index (χ2v) is 8.77. The molecule has 0 radical (unpaired) electrons. The van der Waals surface area contributed by atoms with Crippen LogP contribution in [0.25, 0.3) is 0 Å². The predicted molar refractivity (Wildman–Crippen MR) is 83.5 cm³/mol. The molecule has 2 aliphatic rings. The fourth-order valence-electron chi connectivity index (χ4n) is 3.40. The van der Waals surface area contributed by atoms with Crippen LogP contribution in [-0.4, -0.2) is 23.5 Å². The molecular formula is C16H27F2O3P. The van der Waals surface area contributed by atoms with Crippen molar-refractivity contribution in [3.63, 3.8) is 0 Å². The van der Waals surface area contributed by atoms with Gasteiger partial charge < -0.3 is 0 Å². The van der Waals surface area contributed by atoms with Gasteiger partial charge >= 0.3 is 7.60 Å². The molecule has 0 aromatic heterocycles. The lowest BCUT2D eigenvalue weighted by Crippen LogP contribution is -2.44. The summed E-state index contributed by atoms with van der Waals surface area (Å²) in [5.74, 6) is 1.09. The van der Waals surface area contributed by atoms with Crippen LogP contribution in [-0.2, 0) is 13.6 Å². The first kappa shape index (κ1) is 18.1. The zero-order valence-electron chi connectivity index (χ0n) is 13.5. The van der Waals surface area contributed by atoms with Gasteiger partial charge in [0.1, 0.15) is 23.5 Å². The van der Waals surface area contributed by atoms with Gasteiger partial charge in [-0.2, -0.15) is 0 Å². The maximum absolute atomic E-state index is 14.2. The lowest BCUT2D eigenvalue weighted by atomic mass is 9.85. The zero-order chi connectivity index (χ0) is 16.4. The number of halogens is 2. The number of hydrogen-bond acceptors (Lipinski definition) is 3. The highest BCUT2D eigenvalue weighted by molar-refractivity contribution is 7.57. The molecule has 0 aliphatic heterocycles. The third-order valence-electron chi connectivity index (χ3n) is 4.98. The van der Waals surface area contributed by atoms with E-state index in [1.54, 1.807) is 13.8 Å². The summed E-state index contributed by atoms with van der Waals surface area (Å²) in [7, 11) is -3.76. The Labute approximate surface area is 132 Å². The quantitative estimate of drug-likeness (QED) is 0.604. The highest BCUT2D eigenvalue weighted by Crippen LogP contribution is 2.59. The molecular weight excluding hydrogens is 309 g/mol. The molecule has 0 amide bonds. The third kappa shape index (κ3) is 3.80. The maximum Gasteiger partial charge on any atom is 0.354 e. The fourth-order valence-corrected chi connectivity index (χ4v) is 5.16. The molecule has 0 spiro atoms. The summed E-state index contributed by atoms with van der Waals surface area (Å²) in [6.45, 7) is 6.75. The van der Waals surface area contributed by atoms with Crippen molar-refractivity contribution in [2.45, 2.75) is 88.8 Å². The van der Waals surface area contributed by atoms with E-state index >= 15 is 0 Å². The molecule has 0 N–H and O–H groups in total. The van der Waals surface area contributed by atoms with Crippen LogP contribution in [0.15, 0.2) is 12.4 Å². The molecule has 2 rings (SSSR count). The van der Waals surface area contributed by atoms with Gasteiger partial charge in [0.25, 0.3) is 0 Å². The molecule has 4 atom stereocenters. The van der Waals surface area contributed by atoms with Crippen molar-refractivity contribution in [2.75, 3.05) is 0 Å². The van der Waals surface area contributed by atoms with E-state index in [9.17, 15) is 13.3 Å². The van der Waals surface area contributed by atoms with Crippen molar-refractivity contribution in [3.8, 4) is 0 Å². The molecule has 22 heavy (non-hydrogen) atoms. The topological polar surface area (TPSA) is 35.5 Å². The van der Waals surface area contributed by atoms with Crippen LogP contribution >= 0.6 is 7.60 Å². The Bertz CT molecular complexity index is 425. The summed E-state index contributed by atoms with van der Waals surface area (Å²) in [5, 5.41) is 0. The van der Waals surface area contributed by atoms with Crippen LogP contribution in [0.2, 0.25) is 0 Å². The van der Waals surface area contributed by atoms with Crippen LogP contribution < -0.4 is 0 Å².